The summed E-state index contributed by atoms with van der Waals surface area (Å²) in [4.78, 5) is 12.2. The Morgan fingerprint density at radius 1 is 1.18 bits per heavy atom. The van der Waals surface area contributed by atoms with Gasteiger partial charge >= 0.3 is 0 Å². The molecule has 0 aliphatic rings. The van der Waals surface area contributed by atoms with Gasteiger partial charge in [0, 0.05) is 22.2 Å². The molecule has 0 N–H and O–H groups in total. The van der Waals surface area contributed by atoms with E-state index in [4.69, 9.17) is 14.4 Å². The molecule has 3 aromatic rings. The van der Waals surface area contributed by atoms with Crippen LogP contribution in [0.25, 0.3) is 22.3 Å². The standard InChI is InChI=1S/C17H10BrNO3/c1-21-12-4-5-13-15(20)8-16(22-17(13)7-12)10-2-3-11(9-19)14(18)6-10/h2-8H,1H3. The highest BCUT2D eigenvalue weighted by Crippen LogP contribution is 2.28. The Morgan fingerprint density at radius 3 is 2.68 bits per heavy atom. The molecule has 5 heteroatoms. The van der Waals surface area contributed by atoms with Gasteiger partial charge in [-0.1, -0.05) is 0 Å². The van der Waals surface area contributed by atoms with Crippen molar-refractivity contribution in [2.24, 2.45) is 0 Å². The first-order chi connectivity index (χ1) is 10.6. The highest BCUT2D eigenvalue weighted by Gasteiger charge is 2.09. The van der Waals surface area contributed by atoms with E-state index in [1.165, 1.54) is 6.07 Å². The maximum Gasteiger partial charge on any atom is 0.193 e. The molecule has 1 heterocycles. The summed E-state index contributed by atoms with van der Waals surface area (Å²) in [5.74, 6) is 1.06. The van der Waals surface area contributed by atoms with Crippen molar-refractivity contribution in [3.8, 4) is 23.1 Å². The van der Waals surface area contributed by atoms with Crippen molar-refractivity contribution in [2.45, 2.75) is 0 Å². The van der Waals surface area contributed by atoms with Crippen LogP contribution in [0.3, 0.4) is 0 Å². The summed E-state index contributed by atoms with van der Waals surface area (Å²) >= 11 is 3.33. The zero-order chi connectivity index (χ0) is 15.7. The van der Waals surface area contributed by atoms with Crippen molar-refractivity contribution in [3.63, 3.8) is 0 Å². The number of rotatable bonds is 2. The Bertz CT molecular complexity index is 970. The minimum atomic E-state index is -0.126. The van der Waals surface area contributed by atoms with Gasteiger partial charge in [-0.25, -0.2) is 0 Å². The van der Waals surface area contributed by atoms with Gasteiger partial charge in [-0.05, 0) is 46.3 Å². The Morgan fingerprint density at radius 2 is 2.00 bits per heavy atom. The second kappa shape index (κ2) is 5.66. The topological polar surface area (TPSA) is 63.2 Å². The zero-order valence-corrected chi connectivity index (χ0v) is 13.2. The van der Waals surface area contributed by atoms with Crippen LogP contribution in [-0.4, -0.2) is 7.11 Å². The summed E-state index contributed by atoms with van der Waals surface area (Å²) in [7, 11) is 1.56. The molecule has 1 aromatic heterocycles. The third-order valence-corrected chi connectivity index (χ3v) is 3.97. The SMILES string of the molecule is COc1ccc2c(=O)cc(-c3ccc(C#N)c(Br)c3)oc2c1. The number of hydrogen-bond acceptors (Lipinski definition) is 4. The second-order valence-corrected chi connectivity index (χ2v) is 5.50. The van der Waals surface area contributed by atoms with Gasteiger partial charge in [-0.3, -0.25) is 4.79 Å². The van der Waals surface area contributed by atoms with Crippen LogP contribution in [-0.2, 0) is 0 Å². The van der Waals surface area contributed by atoms with E-state index in [0.717, 1.165) is 0 Å². The van der Waals surface area contributed by atoms with Crippen molar-refractivity contribution >= 4 is 26.9 Å². The van der Waals surface area contributed by atoms with E-state index in [9.17, 15) is 4.79 Å². The van der Waals surface area contributed by atoms with Crippen LogP contribution in [0.1, 0.15) is 5.56 Å². The molecule has 0 spiro atoms. The quantitative estimate of drug-likeness (QED) is 0.694. The zero-order valence-electron chi connectivity index (χ0n) is 11.6. The number of nitrogens with zero attached hydrogens (tertiary/aromatic N) is 1. The average molecular weight is 356 g/mol. The third kappa shape index (κ3) is 2.49. The van der Waals surface area contributed by atoms with Crippen molar-refractivity contribution in [1.29, 1.82) is 5.26 Å². The predicted octanol–water partition coefficient (Wildman–Crippen LogP) is 4.10. The Kier molecular flexibility index (Phi) is 3.70. The lowest BCUT2D eigenvalue weighted by atomic mass is 10.1. The maximum absolute atomic E-state index is 12.2. The molecule has 0 bridgehead atoms. The summed E-state index contributed by atoms with van der Waals surface area (Å²) in [5.41, 5.74) is 1.57. The lowest BCUT2D eigenvalue weighted by Crippen LogP contribution is -2.00. The molecule has 0 aliphatic heterocycles. The molecule has 0 radical (unpaired) electrons. The van der Waals surface area contributed by atoms with Crippen LogP contribution in [0.15, 0.2) is 56.1 Å². The highest BCUT2D eigenvalue weighted by atomic mass is 79.9. The van der Waals surface area contributed by atoms with E-state index < -0.39 is 0 Å². The fourth-order valence-corrected chi connectivity index (χ4v) is 2.63. The van der Waals surface area contributed by atoms with Gasteiger partial charge in [0.05, 0.1) is 18.1 Å². The number of fused-ring (bicyclic) bond motifs is 1. The third-order valence-electron chi connectivity index (χ3n) is 3.31. The Balaban J connectivity index is 2.21. The Hall–Kier alpha value is -2.58. The monoisotopic (exact) mass is 355 g/mol. The van der Waals surface area contributed by atoms with Gasteiger partial charge < -0.3 is 9.15 Å². The number of methoxy groups -OCH3 is 1. The Labute approximate surface area is 134 Å². The highest BCUT2D eigenvalue weighted by molar-refractivity contribution is 9.10. The minimum absolute atomic E-state index is 0.126. The molecule has 0 saturated carbocycles. The minimum Gasteiger partial charge on any atom is -0.497 e. The number of benzene rings is 2. The first-order valence-corrected chi connectivity index (χ1v) is 7.23. The fourth-order valence-electron chi connectivity index (χ4n) is 2.16. The van der Waals surface area contributed by atoms with E-state index in [-0.39, 0.29) is 5.43 Å². The number of halogens is 1. The summed E-state index contributed by atoms with van der Waals surface area (Å²) in [5, 5.41) is 9.45. The molecular weight excluding hydrogens is 346 g/mol. The van der Waals surface area contributed by atoms with Gasteiger partial charge in [-0.15, -0.1) is 0 Å². The van der Waals surface area contributed by atoms with Crippen LogP contribution in [0.2, 0.25) is 0 Å². The molecule has 0 fully saturated rings. The molecule has 0 unspecified atom stereocenters. The van der Waals surface area contributed by atoms with Gasteiger partial charge in [0.2, 0.25) is 0 Å². The van der Waals surface area contributed by atoms with Crippen molar-refractivity contribution in [1.82, 2.24) is 0 Å². The van der Waals surface area contributed by atoms with Crippen LogP contribution in [0, 0.1) is 11.3 Å². The molecular formula is C17H10BrNO3. The first-order valence-electron chi connectivity index (χ1n) is 6.44. The first kappa shape index (κ1) is 14.4. The predicted molar refractivity (Wildman–Crippen MR) is 86.9 cm³/mol. The van der Waals surface area contributed by atoms with Gasteiger partial charge in [0.15, 0.2) is 5.43 Å². The summed E-state index contributed by atoms with van der Waals surface area (Å²) in [6.45, 7) is 0. The molecule has 0 amide bonds. The molecule has 22 heavy (non-hydrogen) atoms. The summed E-state index contributed by atoms with van der Waals surface area (Å²) in [6, 6.07) is 13.8. The van der Waals surface area contributed by atoms with Crippen molar-refractivity contribution < 1.29 is 9.15 Å². The molecule has 108 valence electrons. The van der Waals surface area contributed by atoms with Crippen LogP contribution < -0.4 is 10.2 Å². The van der Waals surface area contributed by atoms with Crippen molar-refractivity contribution in [3.05, 3.63) is 62.7 Å². The summed E-state index contributed by atoms with van der Waals surface area (Å²) in [6.07, 6.45) is 0. The smallest absolute Gasteiger partial charge is 0.193 e. The lowest BCUT2D eigenvalue weighted by Gasteiger charge is -2.06. The molecule has 3 rings (SSSR count). The number of nitriles is 1. The normalized spacial score (nSPS) is 10.4. The maximum atomic E-state index is 12.2. The largest absolute Gasteiger partial charge is 0.497 e. The van der Waals surface area contributed by atoms with E-state index in [2.05, 4.69) is 22.0 Å². The fraction of sp³-hybridized carbons (Fsp3) is 0.0588. The molecule has 2 aromatic carbocycles. The van der Waals surface area contributed by atoms with E-state index in [1.807, 2.05) is 0 Å². The lowest BCUT2D eigenvalue weighted by molar-refractivity contribution is 0.414. The van der Waals surface area contributed by atoms with Crippen LogP contribution in [0.5, 0.6) is 5.75 Å². The summed E-state index contributed by atoms with van der Waals surface area (Å²) < 4.78 is 11.6. The van der Waals surface area contributed by atoms with Gasteiger partial charge in [-0.2, -0.15) is 5.26 Å². The number of ether oxygens (including phenoxy) is 1. The second-order valence-electron chi connectivity index (χ2n) is 4.64. The van der Waals surface area contributed by atoms with Crippen LogP contribution in [0.4, 0.5) is 0 Å². The van der Waals surface area contributed by atoms with E-state index in [1.54, 1.807) is 43.5 Å². The molecule has 4 nitrogen and oxygen atoms in total. The molecule has 0 saturated heterocycles. The van der Waals surface area contributed by atoms with Gasteiger partial charge in [0.25, 0.3) is 0 Å². The van der Waals surface area contributed by atoms with E-state index in [0.29, 0.717) is 38.1 Å². The number of hydrogen-bond donors (Lipinski definition) is 0. The van der Waals surface area contributed by atoms with E-state index >= 15 is 0 Å². The van der Waals surface area contributed by atoms with Crippen LogP contribution >= 0.6 is 15.9 Å². The van der Waals surface area contributed by atoms with Crippen molar-refractivity contribution in [2.75, 3.05) is 7.11 Å². The van der Waals surface area contributed by atoms with Gasteiger partial charge in [0.1, 0.15) is 23.2 Å². The molecule has 0 atom stereocenters. The molecule has 0 aliphatic carbocycles. The average Bonchev–Trinajstić information content (AvgIpc) is 2.54.